The lowest BCUT2D eigenvalue weighted by molar-refractivity contribution is 0.664. The lowest BCUT2D eigenvalue weighted by Crippen LogP contribution is -2.22. The molecule has 0 unspecified atom stereocenters. The molecule has 1 saturated heterocycles. The molecule has 0 N–H and O–H groups in total. The van der Waals surface area contributed by atoms with E-state index in [1.165, 1.54) is 50.0 Å². The summed E-state index contributed by atoms with van der Waals surface area (Å²) in [5.74, 6) is 2.74. The first-order valence-corrected chi connectivity index (χ1v) is 7.71. The molecule has 1 aliphatic carbocycles. The summed E-state index contributed by atoms with van der Waals surface area (Å²) in [6.45, 7) is 2.44. The highest BCUT2D eigenvalue weighted by Gasteiger charge is 2.29. The quantitative estimate of drug-likeness (QED) is 0.640. The second-order valence-corrected chi connectivity index (χ2v) is 7.92. The molecule has 0 nitrogen and oxygen atoms in total. The molecule has 0 spiro atoms. The summed E-state index contributed by atoms with van der Waals surface area (Å²) in [6.07, 6.45) is 10.8. The third kappa shape index (κ3) is 2.96. The van der Waals surface area contributed by atoms with Gasteiger partial charge in [0, 0.05) is 0 Å². The first-order valence-electron chi connectivity index (χ1n) is 5.74. The molecule has 0 saturated carbocycles. The third-order valence-electron chi connectivity index (χ3n) is 3.04. The van der Waals surface area contributed by atoms with E-state index < -0.39 is 0 Å². The fourth-order valence-electron chi connectivity index (χ4n) is 2.26. The van der Waals surface area contributed by atoms with Crippen LogP contribution in [-0.2, 0) is 0 Å². The highest BCUT2D eigenvalue weighted by Crippen LogP contribution is 2.46. The summed E-state index contributed by atoms with van der Waals surface area (Å²) in [4.78, 5) is 0. The molecule has 0 radical (unpaired) electrons. The maximum absolute atomic E-state index is 2.50. The first kappa shape index (κ1) is 10.9. The molecule has 1 heterocycles. The van der Waals surface area contributed by atoms with Gasteiger partial charge in [0.1, 0.15) is 0 Å². The van der Waals surface area contributed by atoms with E-state index in [4.69, 9.17) is 0 Å². The van der Waals surface area contributed by atoms with Crippen LogP contribution in [0, 0.1) is 0 Å². The molecular weight excluding hydrogens is 208 g/mol. The van der Waals surface area contributed by atoms with E-state index in [9.17, 15) is 0 Å². The molecule has 2 heteroatoms. The molecule has 0 atom stereocenters. The maximum atomic E-state index is 2.50. The van der Waals surface area contributed by atoms with Crippen LogP contribution in [0.1, 0.15) is 45.4 Å². The normalized spacial score (nSPS) is 27.1. The summed E-state index contributed by atoms with van der Waals surface area (Å²) in [6, 6.07) is 0. The maximum Gasteiger partial charge on any atom is 0.0619 e. The van der Waals surface area contributed by atoms with E-state index in [0.29, 0.717) is 4.08 Å². The number of allylic oxidation sites excluding steroid dienone is 2. The van der Waals surface area contributed by atoms with Gasteiger partial charge < -0.3 is 0 Å². The molecule has 0 aromatic rings. The van der Waals surface area contributed by atoms with Crippen molar-refractivity contribution in [2.45, 2.75) is 49.5 Å². The molecule has 1 fully saturated rings. The monoisotopic (exact) mass is 228 g/mol. The van der Waals surface area contributed by atoms with Crippen molar-refractivity contribution in [3.8, 4) is 0 Å². The SMILES string of the molecule is CC1(CC2=CCCCC2)SCCCS1. The molecule has 80 valence electrons. The standard InChI is InChI=1S/C12H20S2/c1-12(13-8-5-9-14-12)10-11-6-3-2-4-7-11/h6H,2-5,7-10H2,1H3. The van der Waals surface area contributed by atoms with Crippen LogP contribution in [0.15, 0.2) is 11.6 Å². The largest absolute Gasteiger partial charge is 0.144 e. The zero-order chi connectivity index (χ0) is 9.86. The fraction of sp³-hybridized carbons (Fsp3) is 0.833. The molecule has 1 aliphatic heterocycles. The molecule has 0 bridgehead atoms. The predicted molar refractivity (Wildman–Crippen MR) is 69.1 cm³/mol. The minimum Gasteiger partial charge on any atom is -0.144 e. The lowest BCUT2D eigenvalue weighted by Gasteiger charge is -2.33. The van der Waals surface area contributed by atoms with E-state index in [0.717, 1.165) is 0 Å². The molecule has 2 aliphatic rings. The fourth-order valence-corrected chi connectivity index (χ4v) is 5.29. The highest BCUT2D eigenvalue weighted by atomic mass is 32.2. The van der Waals surface area contributed by atoms with Crippen LogP contribution in [0.2, 0.25) is 0 Å². The van der Waals surface area contributed by atoms with Crippen LogP contribution >= 0.6 is 23.5 Å². The molecule has 0 aromatic carbocycles. The van der Waals surface area contributed by atoms with Gasteiger partial charge in [0.2, 0.25) is 0 Å². The average Bonchev–Trinajstić information content (AvgIpc) is 2.19. The van der Waals surface area contributed by atoms with Crippen molar-refractivity contribution >= 4 is 23.5 Å². The highest BCUT2D eigenvalue weighted by molar-refractivity contribution is 8.18. The summed E-state index contributed by atoms with van der Waals surface area (Å²) >= 11 is 4.36. The zero-order valence-corrected chi connectivity index (χ0v) is 10.7. The number of hydrogen-bond acceptors (Lipinski definition) is 2. The van der Waals surface area contributed by atoms with Crippen LogP contribution in [0.3, 0.4) is 0 Å². The summed E-state index contributed by atoms with van der Waals surface area (Å²) in [5.41, 5.74) is 1.74. The third-order valence-corrected chi connectivity index (χ3v) is 6.24. The molecule has 0 amide bonds. The smallest absolute Gasteiger partial charge is 0.0619 e. The molecule has 2 rings (SSSR count). The number of thioether (sulfide) groups is 2. The number of hydrogen-bond donors (Lipinski definition) is 0. The van der Waals surface area contributed by atoms with E-state index in [-0.39, 0.29) is 0 Å². The van der Waals surface area contributed by atoms with Gasteiger partial charge in [0.25, 0.3) is 0 Å². The van der Waals surface area contributed by atoms with E-state index in [1.54, 1.807) is 5.57 Å². The van der Waals surface area contributed by atoms with Crippen molar-refractivity contribution in [3.05, 3.63) is 11.6 Å². The molecule has 14 heavy (non-hydrogen) atoms. The van der Waals surface area contributed by atoms with Gasteiger partial charge in [0.15, 0.2) is 0 Å². The van der Waals surface area contributed by atoms with Crippen LogP contribution in [0.25, 0.3) is 0 Å². The molecular formula is C12H20S2. The number of rotatable bonds is 2. The zero-order valence-electron chi connectivity index (χ0n) is 9.05. The van der Waals surface area contributed by atoms with Crippen molar-refractivity contribution in [2.75, 3.05) is 11.5 Å². The van der Waals surface area contributed by atoms with Gasteiger partial charge in [-0.1, -0.05) is 11.6 Å². The summed E-state index contributed by atoms with van der Waals surface area (Å²) in [5, 5.41) is 0. The Balaban J connectivity index is 1.90. The van der Waals surface area contributed by atoms with Crippen LogP contribution in [-0.4, -0.2) is 15.6 Å². The van der Waals surface area contributed by atoms with Gasteiger partial charge in [-0.2, -0.15) is 0 Å². The Kier molecular flexibility index (Phi) is 3.89. The van der Waals surface area contributed by atoms with Crippen molar-refractivity contribution in [1.29, 1.82) is 0 Å². The minimum atomic E-state index is 0.501. The average molecular weight is 228 g/mol. The Bertz CT molecular complexity index is 214. The second kappa shape index (κ2) is 4.98. The van der Waals surface area contributed by atoms with Crippen molar-refractivity contribution in [3.63, 3.8) is 0 Å². The van der Waals surface area contributed by atoms with Crippen LogP contribution in [0.4, 0.5) is 0 Å². The van der Waals surface area contributed by atoms with Crippen LogP contribution < -0.4 is 0 Å². The van der Waals surface area contributed by atoms with Crippen molar-refractivity contribution < 1.29 is 0 Å². The first-order chi connectivity index (χ1) is 6.79. The predicted octanol–water partition coefficient (Wildman–Crippen LogP) is 4.46. The van der Waals surface area contributed by atoms with Gasteiger partial charge in [-0.15, -0.1) is 23.5 Å². The summed E-state index contributed by atoms with van der Waals surface area (Å²) in [7, 11) is 0. The van der Waals surface area contributed by atoms with E-state index >= 15 is 0 Å². The summed E-state index contributed by atoms with van der Waals surface area (Å²) < 4.78 is 0.501. The van der Waals surface area contributed by atoms with Crippen LogP contribution in [0.5, 0.6) is 0 Å². The van der Waals surface area contributed by atoms with Gasteiger partial charge >= 0.3 is 0 Å². The Hall–Kier alpha value is 0.440. The molecule has 0 aromatic heterocycles. The Labute approximate surface area is 96.3 Å². The van der Waals surface area contributed by atoms with E-state index in [1.807, 2.05) is 0 Å². The topological polar surface area (TPSA) is 0 Å². The second-order valence-electron chi connectivity index (χ2n) is 4.47. The Morgan fingerprint density at radius 3 is 2.64 bits per heavy atom. The van der Waals surface area contributed by atoms with Crippen molar-refractivity contribution in [2.24, 2.45) is 0 Å². The van der Waals surface area contributed by atoms with Gasteiger partial charge in [-0.3, -0.25) is 0 Å². The Morgan fingerprint density at radius 1 is 1.21 bits per heavy atom. The minimum absolute atomic E-state index is 0.501. The van der Waals surface area contributed by atoms with Gasteiger partial charge in [-0.05, 0) is 57.0 Å². The van der Waals surface area contributed by atoms with E-state index in [2.05, 4.69) is 36.5 Å². The van der Waals surface area contributed by atoms with Crippen molar-refractivity contribution in [1.82, 2.24) is 0 Å². The lowest BCUT2D eigenvalue weighted by atomic mass is 9.96. The van der Waals surface area contributed by atoms with Gasteiger partial charge in [0.05, 0.1) is 4.08 Å². The van der Waals surface area contributed by atoms with Gasteiger partial charge in [-0.25, -0.2) is 0 Å². The Morgan fingerprint density at radius 2 is 2.00 bits per heavy atom.